The maximum absolute atomic E-state index is 12.8. The van der Waals surface area contributed by atoms with Crippen molar-refractivity contribution in [3.05, 3.63) is 28.8 Å². The van der Waals surface area contributed by atoms with Gasteiger partial charge in [-0.15, -0.1) is 0 Å². The highest BCUT2D eigenvalue weighted by molar-refractivity contribution is 8.14. The first-order chi connectivity index (χ1) is 12.1. The number of halogens is 1. The molecular formula is C19H25ClN2O2S. The van der Waals surface area contributed by atoms with Crippen LogP contribution in [0.4, 0.5) is 0 Å². The zero-order chi connectivity index (χ0) is 17.8. The molecule has 2 aliphatic rings. The van der Waals surface area contributed by atoms with Crippen LogP contribution in [0.3, 0.4) is 0 Å². The lowest BCUT2D eigenvalue weighted by molar-refractivity contribution is 0.0998. The quantitative estimate of drug-likeness (QED) is 0.720. The van der Waals surface area contributed by atoms with Gasteiger partial charge in [-0.2, -0.15) is 4.99 Å². The number of carbonyl (C=O) groups is 1. The number of aliphatic imine (C=N–C) groups is 1. The number of thioether (sulfide) groups is 1. The largest absolute Gasteiger partial charge is 0.496 e. The maximum Gasteiger partial charge on any atom is 0.283 e. The molecule has 136 valence electrons. The molecule has 1 heterocycles. The number of amides is 1. The first kappa shape index (κ1) is 18.6. The highest BCUT2D eigenvalue weighted by atomic mass is 35.5. The predicted molar refractivity (Wildman–Crippen MR) is 105 cm³/mol. The average molecular weight is 381 g/mol. The van der Waals surface area contributed by atoms with E-state index in [1.54, 1.807) is 37.1 Å². The van der Waals surface area contributed by atoms with E-state index in [0.29, 0.717) is 27.6 Å². The number of benzene rings is 1. The normalized spacial score (nSPS) is 24.4. The molecule has 6 heteroatoms. The van der Waals surface area contributed by atoms with Crippen molar-refractivity contribution in [2.24, 2.45) is 4.99 Å². The molecule has 0 N–H and O–H groups in total. The molecule has 4 nitrogen and oxygen atoms in total. The molecule has 0 spiro atoms. The summed E-state index contributed by atoms with van der Waals surface area (Å²) in [6, 6.07) is 5.59. The minimum absolute atomic E-state index is 0.276. The topological polar surface area (TPSA) is 41.9 Å². The molecule has 3 rings (SSSR count). The van der Waals surface area contributed by atoms with Crippen LogP contribution in [0.25, 0.3) is 0 Å². The van der Waals surface area contributed by atoms with Crippen molar-refractivity contribution in [2.75, 3.05) is 13.7 Å². The third-order valence-corrected chi connectivity index (χ3v) is 6.54. The monoisotopic (exact) mass is 380 g/mol. The zero-order valence-electron chi connectivity index (χ0n) is 14.8. The van der Waals surface area contributed by atoms with Crippen molar-refractivity contribution in [3.8, 4) is 5.75 Å². The molecule has 1 amide bonds. The second-order valence-corrected chi connectivity index (χ2v) is 8.24. The number of hydrogen-bond acceptors (Lipinski definition) is 3. The summed E-state index contributed by atoms with van der Waals surface area (Å²) < 4.78 is 5.30. The number of amidine groups is 1. The summed E-state index contributed by atoms with van der Waals surface area (Å²) in [7, 11) is 1.56. The van der Waals surface area contributed by atoms with Gasteiger partial charge in [0.2, 0.25) is 0 Å². The average Bonchev–Trinajstić information content (AvgIpc) is 2.96. The molecule has 25 heavy (non-hydrogen) atoms. The van der Waals surface area contributed by atoms with E-state index in [9.17, 15) is 4.79 Å². The fourth-order valence-corrected chi connectivity index (χ4v) is 5.26. The van der Waals surface area contributed by atoms with E-state index >= 15 is 0 Å². The molecule has 1 aromatic rings. The predicted octanol–water partition coefficient (Wildman–Crippen LogP) is 5.00. The van der Waals surface area contributed by atoms with Crippen LogP contribution in [-0.4, -0.2) is 40.9 Å². The van der Waals surface area contributed by atoms with E-state index in [0.717, 1.165) is 24.6 Å². The number of ether oxygens (including phenoxy) is 1. The van der Waals surface area contributed by atoms with Crippen LogP contribution in [0, 0.1) is 0 Å². The van der Waals surface area contributed by atoms with Gasteiger partial charge in [-0.1, -0.05) is 49.5 Å². The summed E-state index contributed by atoms with van der Waals surface area (Å²) in [5.74, 6) is 0.237. The third kappa shape index (κ3) is 4.14. The lowest BCUT2D eigenvalue weighted by Gasteiger charge is -2.31. The van der Waals surface area contributed by atoms with Gasteiger partial charge in [0.05, 0.1) is 12.7 Å². The smallest absolute Gasteiger partial charge is 0.283 e. The molecule has 0 aromatic heterocycles. The number of hydrogen-bond donors (Lipinski definition) is 0. The van der Waals surface area contributed by atoms with Crippen LogP contribution >= 0.6 is 23.4 Å². The van der Waals surface area contributed by atoms with Crippen LogP contribution in [0.2, 0.25) is 5.02 Å². The minimum atomic E-state index is -0.276. The fraction of sp³-hybridized carbons (Fsp3) is 0.579. The van der Waals surface area contributed by atoms with Crippen LogP contribution < -0.4 is 4.74 Å². The van der Waals surface area contributed by atoms with Crippen LogP contribution in [0.1, 0.15) is 55.8 Å². The number of fused-ring (bicyclic) bond motifs is 1. The van der Waals surface area contributed by atoms with Crippen LogP contribution in [-0.2, 0) is 0 Å². The summed E-state index contributed by atoms with van der Waals surface area (Å²) in [5.41, 5.74) is 0.424. The van der Waals surface area contributed by atoms with Gasteiger partial charge in [0.1, 0.15) is 5.75 Å². The lowest BCUT2D eigenvalue weighted by atomic mass is 9.94. The second-order valence-electron chi connectivity index (χ2n) is 6.60. The molecule has 1 aliphatic carbocycles. The van der Waals surface area contributed by atoms with Gasteiger partial charge in [-0.3, -0.25) is 4.79 Å². The molecule has 2 atom stereocenters. The Labute approximate surface area is 159 Å². The Hall–Kier alpha value is -1.20. The van der Waals surface area contributed by atoms with Gasteiger partial charge in [0.25, 0.3) is 5.91 Å². The van der Waals surface area contributed by atoms with E-state index in [4.69, 9.17) is 16.3 Å². The van der Waals surface area contributed by atoms with Gasteiger partial charge in [0, 0.05) is 22.9 Å². The van der Waals surface area contributed by atoms with E-state index in [-0.39, 0.29) is 5.91 Å². The molecule has 1 saturated carbocycles. The number of methoxy groups -OCH3 is 1. The molecular weight excluding hydrogens is 356 g/mol. The van der Waals surface area contributed by atoms with E-state index in [1.807, 2.05) is 0 Å². The van der Waals surface area contributed by atoms with Crippen LogP contribution in [0.5, 0.6) is 5.75 Å². The van der Waals surface area contributed by atoms with Gasteiger partial charge < -0.3 is 9.64 Å². The van der Waals surface area contributed by atoms with Crippen molar-refractivity contribution >= 4 is 34.4 Å². The number of rotatable bonds is 5. The standard InChI is InChI=1S/C19H25ClN2O2S/c1-3-4-11-22-15-7-5-6-8-17(15)25-19(22)21-18(23)14-12-13(20)9-10-16(14)24-2/h9-10,12,15,17H,3-8,11H2,1-2H3/t15-,17-/m1/s1. The van der Waals surface area contributed by atoms with E-state index < -0.39 is 0 Å². The van der Waals surface area contributed by atoms with Crippen molar-refractivity contribution < 1.29 is 9.53 Å². The molecule has 1 aromatic carbocycles. The Morgan fingerprint density at radius 3 is 2.96 bits per heavy atom. The second kappa shape index (κ2) is 8.45. The van der Waals surface area contributed by atoms with E-state index in [1.165, 1.54) is 25.7 Å². The van der Waals surface area contributed by atoms with Crippen molar-refractivity contribution in [1.82, 2.24) is 4.90 Å². The first-order valence-corrected chi connectivity index (χ1v) is 10.3. The van der Waals surface area contributed by atoms with Gasteiger partial charge in [0.15, 0.2) is 5.17 Å². The van der Waals surface area contributed by atoms with Crippen molar-refractivity contribution in [3.63, 3.8) is 0 Å². The Kier molecular flexibility index (Phi) is 6.29. The highest BCUT2D eigenvalue weighted by Crippen LogP contribution is 2.40. The Morgan fingerprint density at radius 2 is 2.20 bits per heavy atom. The molecule has 2 fully saturated rings. The van der Waals surface area contributed by atoms with E-state index in [2.05, 4.69) is 16.8 Å². The number of carbonyl (C=O) groups excluding carboxylic acids is 1. The summed E-state index contributed by atoms with van der Waals surface area (Å²) in [6.07, 6.45) is 7.23. The van der Waals surface area contributed by atoms with Crippen molar-refractivity contribution in [2.45, 2.75) is 56.7 Å². The zero-order valence-corrected chi connectivity index (χ0v) is 16.4. The molecule has 0 unspecified atom stereocenters. The summed E-state index contributed by atoms with van der Waals surface area (Å²) in [6.45, 7) is 3.17. The molecule has 0 bridgehead atoms. The molecule has 1 saturated heterocycles. The lowest BCUT2D eigenvalue weighted by Crippen LogP contribution is -2.39. The Bertz CT molecular complexity index is 665. The van der Waals surface area contributed by atoms with Gasteiger partial charge in [-0.25, -0.2) is 0 Å². The Morgan fingerprint density at radius 1 is 1.40 bits per heavy atom. The third-order valence-electron chi connectivity index (χ3n) is 4.91. The fourth-order valence-electron chi connectivity index (χ4n) is 3.59. The maximum atomic E-state index is 12.8. The SMILES string of the molecule is CCCCN1C(=NC(=O)c2cc(Cl)ccc2OC)S[C@@H]2CCCC[C@H]21. The molecule has 0 radical (unpaired) electrons. The summed E-state index contributed by atoms with van der Waals surface area (Å²) in [5, 5.41) is 1.95. The Balaban J connectivity index is 1.87. The number of unbranched alkanes of at least 4 members (excludes halogenated alkanes) is 1. The van der Waals surface area contributed by atoms with Crippen LogP contribution in [0.15, 0.2) is 23.2 Å². The summed E-state index contributed by atoms with van der Waals surface area (Å²) in [4.78, 5) is 19.6. The minimum Gasteiger partial charge on any atom is -0.496 e. The van der Waals surface area contributed by atoms with Gasteiger partial charge in [-0.05, 0) is 37.5 Å². The first-order valence-electron chi connectivity index (χ1n) is 9.04. The highest BCUT2D eigenvalue weighted by Gasteiger charge is 2.40. The molecule has 1 aliphatic heterocycles. The van der Waals surface area contributed by atoms with Crippen molar-refractivity contribution in [1.29, 1.82) is 0 Å². The summed E-state index contributed by atoms with van der Waals surface area (Å²) >= 11 is 7.83. The van der Waals surface area contributed by atoms with Gasteiger partial charge >= 0.3 is 0 Å². The number of nitrogens with zero attached hydrogens (tertiary/aromatic N) is 2.